The number of anilines is 1. The molecule has 1 heterocycles. The summed E-state index contributed by atoms with van der Waals surface area (Å²) in [5.74, 6) is 0.527. The molecule has 0 radical (unpaired) electrons. The zero-order valence-corrected chi connectivity index (χ0v) is 15.2. The van der Waals surface area contributed by atoms with Crippen molar-refractivity contribution in [2.24, 2.45) is 5.92 Å². The summed E-state index contributed by atoms with van der Waals surface area (Å²) in [7, 11) is 1.54. The van der Waals surface area contributed by atoms with Crippen LogP contribution >= 0.6 is 0 Å². The fraction of sp³-hybridized carbons (Fsp3) is 0.526. The molecule has 2 fully saturated rings. The van der Waals surface area contributed by atoms with Gasteiger partial charge in [0.05, 0.1) is 7.11 Å². The minimum atomic E-state index is -0.820. The van der Waals surface area contributed by atoms with E-state index in [1.54, 1.807) is 31.4 Å². The fourth-order valence-electron chi connectivity index (χ4n) is 3.78. The highest BCUT2D eigenvalue weighted by molar-refractivity contribution is 6.10. The maximum Gasteiger partial charge on any atom is 0.325 e. The third kappa shape index (κ3) is 3.52. The number of nitrogens with zero attached hydrogens (tertiary/aromatic N) is 1. The van der Waals surface area contributed by atoms with Crippen molar-refractivity contribution in [3.05, 3.63) is 24.3 Å². The van der Waals surface area contributed by atoms with Crippen LogP contribution in [0.15, 0.2) is 24.3 Å². The van der Waals surface area contributed by atoms with Gasteiger partial charge in [-0.15, -0.1) is 0 Å². The summed E-state index contributed by atoms with van der Waals surface area (Å²) in [6.45, 7) is 1.85. The van der Waals surface area contributed by atoms with Crippen LogP contribution < -0.4 is 15.4 Å². The molecule has 1 aromatic carbocycles. The van der Waals surface area contributed by atoms with Gasteiger partial charge in [0, 0.05) is 11.8 Å². The Labute approximate surface area is 153 Å². The van der Waals surface area contributed by atoms with E-state index in [2.05, 4.69) is 17.6 Å². The Bertz CT molecular complexity index is 710. The molecule has 0 bridgehead atoms. The van der Waals surface area contributed by atoms with E-state index in [0.717, 1.165) is 24.2 Å². The van der Waals surface area contributed by atoms with Crippen LogP contribution in [-0.4, -0.2) is 41.9 Å². The number of methoxy groups -OCH3 is 1. The lowest BCUT2D eigenvalue weighted by Gasteiger charge is -2.34. The number of carbonyl (C=O) groups excluding carboxylic acids is 3. The van der Waals surface area contributed by atoms with Gasteiger partial charge in [0.1, 0.15) is 17.8 Å². The van der Waals surface area contributed by atoms with E-state index in [9.17, 15) is 14.4 Å². The van der Waals surface area contributed by atoms with Gasteiger partial charge in [0.15, 0.2) is 0 Å². The molecule has 1 spiro atoms. The highest BCUT2D eigenvalue weighted by Gasteiger charge is 2.52. The highest BCUT2D eigenvalue weighted by atomic mass is 16.5. The van der Waals surface area contributed by atoms with Crippen molar-refractivity contribution in [2.45, 2.75) is 44.6 Å². The first-order valence-corrected chi connectivity index (χ1v) is 9.05. The minimum Gasteiger partial charge on any atom is -0.497 e. The maximum atomic E-state index is 12.8. The summed E-state index contributed by atoms with van der Waals surface area (Å²) in [4.78, 5) is 38.4. The summed E-state index contributed by atoms with van der Waals surface area (Å²) in [5, 5.41) is 5.54. The average Bonchev–Trinajstić information content (AvgIpc) is 2.87. The largest absolute Gasteiger partial charge is 0.497 e. The van der Waals surface area contributed by atoms with E-state index in [0.29, 0.717) is 30.2 Å². The van der Waals surface area contributed by atoms with Gasteiger partial charge in [-0.25, -0.2) is 4.79 Å². The number of hydrogen-bond donors (Lipinski definition) is 2. The number of ether oxygens (including phenoxy) is 1. The Morgan fingerprint density at radius 2 is 2.08 bits per heavy atom. The van der Waals surface area contributed by atoms with Crippen molar-refractivity contribution in [2.75, 3.05) is 19.0 Å². The molecule has 26 heavy (non-hydrogen) atoms. The van der Waals surface area contributed by atoms with E-state index in [-0.39, 0.29) is 12.5 Å². The fourth-order valence-corrected chi connectivity index (χ4v) is 3.78. The van der Waals surface area contributed by atoms with Gasteiger partial charge in [-0.05, 0) is 43.7 Å². The Balaban J connectivity index is 1.63. The van der Waals surface area contributed by atoms with Crippen LogP contribution in [0, 0.1) is 5.92 Å². The van der Waals surface area contributed by atoms with Gasteiger partial charge in [0.2, 0.25) is 5.91 Å². The summed E-state index contributed by atoms with van der Waals surface area (Å²) in [6, 6.07) is 6.44. The van der Waals surface area contributed by atoms with Crippen molar-refractivity contribution < 1.29 is 19.1 Å². The number of hydrogen-bond acceptors (Lipinski definition) is 4. The lowest BCUT2D eigenvalue weighted by Crippen LogP contribution is -2.49. The molecule has 1 aromatic rings. The van der Waals surface area contributed by atoms with E-state index >= 15 is 0 Å². The molecule has 0 unspecified atom stereocenters. The number of urea groups is 1. The van der Waals surface area contributed by atoms with Crippen LogP contribution in [0.5, 0.6) is 5.75 Å². The predicted molar refractivity (Wildman–Crippen MR) is 96.8 cm³/mol. The lowest BCUT2D eigenvalue weighted by molar-refractivity contribution is -0.135. The molecule has 2 aliphatic rings. The second-order valence-corrected chi connectivity index (χ2v) is 7.04. The van der Waals surface area contributed by atoms with E-state index in [1.807, 2.05) is 0 Å². The zero-order chi connectivity index (χ0) is 18.7. The Kier molecular flexibility index (Phi) is 5.15. The SMILES string of the molecule is CCC1CCC2(CC1)NC(=O)N(CC(=O)Nc1cccc(OC)c1)C2=O. The van der Waals surface area contributed by atoms with Crippen molar-refractivity contribution in [3.8, 4) is 5.75 Å². The van der Waals surface area contributed by atoms with Gasteiger partial charge >= 0.3 is 6.03 Å². The van der Waals surface area contributed by atoms with Crippen LogP contribution in [0.3, 0.4) is 0 Å². The second kappa shape index (κ2) is 7.35. The van der Waals surface area contributed by atoms with Crippen LogP contribution in [0.25, 0.3) is 0 Å². The molecule has 0 atom stereocenters. The monoisotopic (exact) mass is 359 g/mol. The van der Waals surface area contributed by atoms with Gasteiger partial charge in [-0.3, -0.25) is 14.5 Å². The first-order valence-electron chi connectivity index (χ1n) is 9.05. The molecule has 7 heteroatoms. The van der Waals surface area contributed by atoms with E-state index < -0.39 is 17.5 Å². The standard InChI is InChI=1S/C19H25N3O4/c1-3-13-7-9-19(10-8-13)17(24)22(18(25)21-19)12-16(23)20-14-5-4-6-15(11-14)26-2/h4-6,11,13H,3,7-10,12H2,1-2H3,(H,20,23)(H,21,25). The molecule has 7 nitrogen and oxygen atoms in total. The maximum absolute atomic E-state index is 12.8. The second-order valence-electron chi connectivity index (χ2n) is 7.04. The zero-order valence-electron chi connectivity index (χ0n) is 15.2. The number of rotatable bonds is 5. The predicted octanol–water partition coefficient (Wildman–Crippen LogP) is 2.52. The quantitative estimate of drug-likeness (QED) is 0.791. The van der Waals surface area contributed by atoms with Gasteiger partial charge in [0.25, 0.3) is 5.91 Å². The molecular weight excluding hydrogens is 334 g/mol. The number of amides is 4. The molecule has 1 aliphatic carbocycles. The van der Waals surface area contributed by atoms with E-state index in [4.69, 9.17) is 4.74 Å². The first-order chi connectivity index (χ1) is 12.5. The molecule has 3 rings (SSSR count). The topological polar surface area (TPSA) is 87.7 Å². The van der Waals surface area contributed by atoms with Gasteiger partial charge < -0.3 is 15.4 Å². The summed E-state index contributed by atoms with van der Waals surface area (Å²) >= 11 is 0. The lowest BCUT2D eigenvalue weighted by atomic mass is 9.75. The molecule has 140 valence electrons. The number of benzene rings is 1. The average molecular weight is 359 g/mol. The van der Waals surface area contributed by atoms with Crippen molar-refractivity contribution >= 4 is 23.5 Å². The van der Waals surface area contributed by atoms with Crippen LogP contribution in [0.4, 0.5) is 10.5 Å². The molecule has 1 saturated heterocycles. The molecule has 2 N–H and O–H groups in total. The number of carbonyl (C=O) groups is 3. The normalized spacial score (nSPS) is 25.3. The first kappa shape index (κ1) is 18.2. The highest BCUT2D eigenvalue weighted by Crippen LogP contribution is 2.37. The Morgan fingerprint density at radius 1 is 1.35 bits per heavy atom. The van der Waals surface area contributed by atoms with Crippen molar-refractivity contribution in [3.63, 3.8) is 0 Å². The van der Waals surface area contributed by atoms with Gasteiger partial charge in [-0.1, -0.05) is 19.4 Å². The molecule has 1 saturated carbocycles. The summed E-state index contributed by atoms with van der Waals surface area (Å²) in [5.41, 5.74) is -0.265. The summed E-state index contributed by atoms with van der Waals surface area (Å²) in [6.07, 6.45) is 4.22. The van der Waals surface area contributed by atoms with Crippen LogP contribution in [0.2, 0.25) is 0 Å². The Morgan fingerprint density at radius 3 is 2.73 bits per heavy atom. The van der Waals surface area contributed by atoms with Crippen LogP contribution in [0.1, 0.15) is 39.0 Å². The van der Waals surface area contributed by atoms with E-state index in [1.165, 1.54) is 0 Å². The molecule has 4 amide bonds. The Hall–Kier alpha value is -2.57. The summed E-state index contributed by atoms with van der Waals surface area (Å²) < 4.78 is 5.12. The third-order valence-electron chi connectivity index (χ3n) is 5.44. The third-order valence-corrected chi connectivity index (χ3v) is 5.44. The smallest absolute Gasteiger partial charge is 0.325 e. The number of nitrogens with one attached hydrogen (secondary N) is 2. The number of imide groups is 1. The van der Waals surface area contributed by atoms with Crippen molar-refractivity contribution in [1.82, 2.24) is 10.2 Å². The van der Waals surface area contributed by atoms with Gasteiger partial charge in [-0.2, -0.15) is 0 Å². The molecule has 1 aliphatic heterocycles. The minimum absolute atomic E-state index is 0.280. The molecular formula is C19H25N3O4. The molecule has 0 aromatic heterocycles. The van der Waals surface area contributed by atoms with Crippen molar-refractivity contribution in [1.29, 1.82) is 0 Å². The van der Waals surface area contributed by atoms with Crippen LogP contribution in [-0.2, 0) is 9.59 Å².